The minimum absolute atomic E-state index is 0.105. The van der Waals surface area contributed by atoms with Gasteiger partial charge in [-0.25, -0.2) is 14.9 Å². The second-order valence-electron chi connectivity index (χ2n) is 5.59. The van der Waals surface area contributed by atoms with Gasteiger partial charge in [-0.05, 0) is 37.3 Å². The Balaban J connectivity index is 1.76. The lowest BCUT2D eigenvalue weighted by Gasteiger charge is -2.15. The number of hydrogen-bond donors (Lipinski definition) is 1. The first-order valence-corrected chi connectivity index (χ1v) is 8.53. The number of anilines is 2. The van der Waals surface area contributed by atoms with Crippen molar-refractivity contribution in [2.24, 2.45) is 0 Å². The van der Waals surface area contributed by atoms with E-state index in [2.05, 4.69) is 15.3 Å². The molecular formula is C17H16N4O3S. The number of carbonyl (C=O) groups excluding carboxylic acids is 3. The fraction of sp³-hybridized carbons (Fsp3) is 0.235. The fourth-order valence-electron chi connectivity index (χ4n) is 2.47. The molecule has 1 atom stereocenters. The normalized spacial score (nSPS) is 17.0. The number of nitrogens with one attached hydrogen (secondary N) is 1. The third-order valence-electron chi connectivity index (χ3n) is 3.57. The Morgan fingerprint density at radius 1 is 1.24 bits per heavy atom. The van der Waals surface area contributed by atoms with Gasteiger partial charge in [-0.15, -0.1) is 0 Å². The molecule has 0 saturated carbocycles. The Kier molecular flexibility index (Phi) is 4.80. The van der Waals surface area contributed by atoms with Crippen LogP contribution in [0, 0.1) is 6.92 Å². The smallest absolute Gasteiger partial charge is 0.247 e. The Bertz CT molecular complexity index is 838. The van der Waals surface area contributed by atoms with Gasteiger partial charge in [0.2, 0.25) is 17.7 Å². The second kappa shape index (κ2) is 7.02. The highest BCUT2D eigenvalue weighted by molar-refractivity contribution is 8.00. The number of amides is 3. The highest BCUT2D eigenvalue weighted by atomic mass is 32.2. The molecule has 0 aliphatic carbocycles. The molecule has 7 nitrogen and oxygen atoms in total. The summed E-state index contributed by atoms with van der Waals surface area (Å²) in [4.78, 5) is 45.5. The zero-order valence-electron chi connectivity index (χ0n) is 13.7. The molecular weight excluding hydrogens is 340 g/mol. The van der Waals surface area contributed by atoms with Crippen LogP contribution in [0.5, 0.6) is 0 Å². The lowest BCUT2D eigenvalue weighted by Crippen LogP contribution is -2.31. The van der Waals surface area contributed by atoms with Crippen LogP contribution in [0.2, 0.25) is 0 Å². The van der Waals surface area contributed by atoms with Crippen LogP contribution >= 0.6 is 11.8 Å². The van der Waals surface area contributed by atoms with Crippen LogP contribution in [0.1, 0.15) is 19.0 Å². The van der Waals surface area contributed by atoms with Crippen LogP contribution in [-0.4, -0.2) is 32.9 Å². The molecule has 8 heteroatoms. The van der Waals surface area contributed by atoms with E-state index >= 15 is 0 Å². The van der Waals surface area contributed by atoms with Crippen molar-refractivity contribution in [3.63, 3.8) is 0 Å². The molecule has 128 valence electrons. The molecule has 1 saturated heterocycles. The fourth-order valence-corrected chi connectivity index (χ4v) is 3.48. The largest absolute Gasteiger partial charge is 0.326 e. The third kappa shape index (κ3) is 3.85. The number of benzene rings is 1. The summed E-state index contributed by atoms with van der Waals surface area (Å²) in [5.74, 6) is -0.731. The van der Waals surface area contributed by atoms with Crippen molar-refractivity contribution in [2.75, 3.05) is 10.2 Å². The first kappa shape index (κ1) is 17.1. The van der Waals surface area contributed by atoms with Gasteiger partial charge in [0.1, 0.15) is 5.25 Å². The number of hydrogen-bond acceptors (Lipinski definition) is 6. The van der Waals surface area contributed by atoms with Gasteiger partial charge in [0.15, 0.2) is 5.16 Å². The molecule has 0 spiro atoms. The maximum atomic E-state index is 12.6. The predicted octanol–water partition coefficient (Wildman–Crippen LogP) is 2.17. The van der Waals surface area contributed by atoms with E-state index in [1.54, 1.807) is 36.5 Å². The second-order valence-corrected chi connectivity index (χ2v) is 6.76. The number of aryl methyl sites for hydroxylation is 1. The van der Waals surface area contributed by atoms with Gasteiger partial charge in [-0.2, -0.15) is 0 Å². The summed E-state index contributed by atoms with van der Waals surface area (Å²) in [5, 5.41) is 2.59. The lowest BCUT2D eigenvalue weighted by atomic mass is 10.2. The summed E-state index contributed by atoms with van der Waals surface area (Å²) in [7, 11) is 0. The molecule has 1 aliphatic heterocycles. The summed E-state index contributed by atoms with van der Waals surface area (Å²) >= 11 is 1.20. The summed E-state index contributed by atoms with van der Waals surface area (Å²) in [6, 6.07) is 8.35. The van der Waals surface area contributed by atoms with Gasteiger partial charge in [-0.1, -0.05) is 11.8 Å². The maximum Gasteiger partial charge on any atom is 0.247 e. The number of imide groups is 1. The van der Waals surface area contributed by atoms with E-state index in [0.717, 1.165) is 5.69 Å². The number of aromatic nitrogens is 2. The van der Waals surface area contributed by atoms with Crippen molar-refractivity contribution in [1.29, 1.82) is 0 Å². The zero-order chi connectivity index (χ0) is 18.0. The Morgan fingerprint density at radius 2 is 1.96 bits per heavy atom. The quantitative estimate of drug-likeness (QED) is 0.667. The van der Waals surface area contributed by atoms with Gasteiger partial charge in [0, 0.05) is 30.9 Å². The average molecular weight is 356 g/mol. The van der Waals surface area contributed by atoms with Crippen molar-refractivity contribution >= 4 is 40.9 Å². The molecule has 0 bridgehead atoms. The summed E-state index contributed by atoms with van der Waals surface area (Å²) in [6.07, 6.45) is 1.73. The van der Waals surface area contributed by atoms with Crippen molar-refractivity contribution in [3.05, 3.63) is 42.2 Å². The standard InChI is InChI=1S/C17H16N4O3S/c1-10-7-8-18-17(19-10)25-14-9-15(23)21(16(14)24)13-5-3-12(4-6-13)20-11(2)22/h3-8,14H,9H2,1-2H3,(H,20,22)/t14-/m0/s1. The Hall–Kier alpha value is -2.74. The molecule has 1 aromatic carbocycles. The van der Waals surface area contributed by atoms with Gasteiger partial charge in [-0.3, -0.25) is 14.4 Å². The summed E-state index contributed by atoms with van der Waals surface area (Å²) in [6.45, 7) is 3.26. The van der Waals surface area contributed by atoms with Gasteiger partial charge < -0.3 is 5.32 Å². The molecule has 2 aromatic rings. The molecule has 1 aliphatic rings. The highest BCUT2D eigenvalue weighted by Crippen LogP contribution is 2.32. The van der Waals surface area contributed by atoms with Crippen molar-refractivity contribution < 1.29 is 14.4 Å². The van der Waals surface area contributed by atoms with Crippen LogP contribution in [-0.2, 0) is 14.4 Å². The minimum Gasteiger partial charge on any atom is -0.326 e. The van der Waals surface area contributed by atoms with Crippen molar-refractivity contribution in [2.45, 2.75) is 30.7 Å². The van der Waals surface area contributed by atoms with E-state index in [9.17, 15) is 14.4 Å². The molecule has 0 unspecified atom stereocenters. The Morgan fingerprint density at radius 3 is 2.60 bits per heavy atom. The average Bonchev–Trinajstić information content (AvgIpc) is 2.82. The molecule has 1 fully saturated rings. The van der Waals surface area contributed by atoms with E-state index < -0.39 is 5.25 Å². The number of nitrogens with zero attached hydrogens (tertiary/aromatic N) is 3. The number of thioether (sulfide) groups is 1. The molecule has 2 heterocycles. The topological polar surface area (TPSA) is 92.3 Å². The summed E-state index contributed by atoms with van der Waals surface area (Å²) < 4.78 is 0. The van der Waals surface area contributed by atoms with Crippen LogP contribution in [0.4, 0.5) is 11.4 Å². The number of carbonyl (C=O) groups is 3. The van der Waals surface area contributed by atoms with Gasteiger partial charge >= 0.3 is 0 Å². The molecule has 3 amide bonds. The Labute approximate surface area is 148 Å². The molecule has 1 aromatic heterocycles. The zero-order valence-corrected chi connectivity index (χ0v) is 14.5. The predicted molar refractivity (Wildman–Crippen MR) is 94.3 cm³/mol. The maximum absolute atomic E-state index is 12.6. The molecule has 1 N–H and O–H groups in total. The molecule has 0 radical (unpaired) electrons. The van der Waals surface area contributed by atoms with Crippen molar-refractivity contribution in [3.8, 4) is 0 Å². The van der Waals surface area contributed by atoms with Gasteiger partial charge in [0.05, 0.1) is 5.69 Å². The lowest BCUT2D eigenvalue weighted by molar-refractivity contribution is -0.121. The monoisotopic (exact) mass is 356 g/mol. The SMILES string of the molecule is CC(=O)Nc1ccc(N2C(=O)C[C@H](Sc3nccc(C)n3)C2=O)cc1. The van der Waals surface area contributed by atoms with E-state index in [0.29, 0.717) is 16.5 Å². The summed E-state index contributed by atoms with van der Waals surface area (Å²) in [5.41, 5.74) is 1.89. The first-order valence-electron chi connectivity index (χ1n) is 7.65. The van der Waals surface area contributed by atoms with Gasteiger partial charge in [0.25, 0.3) is 0 Å². The van der Waals surface area contributed by atoms with Crippen LogP contribution in [0.25, 0.3) is 0 Å². The van der Waals surface area contributed by atoms with E-state index in [-0.39, 0.29) is 24.1 Å². The highest BCUT2D eigenvalue weighted by Gasteiger charge is 2.40. The van der Waals surface area contributed by atoms with E-state index in [4.69, 9.17) is 0 Å². The van der Waals surface area contributed by atoms with Crippen LogP contribution in [0.15, 0.2) is 41.7 Å². The van der Waals surface area contributed by atoms with E-state index in [1.807, 2.05) is 6.92 Å². The first-order chi connectivity index (χ1) is 11.9. The van der Waals surface area contributed by atoms with E-state index in [1.165, 1.54) is 23.6 Å². The van der Waals surface area contributed by atoms with Crippen molar-refractivity contribution in [1.82, 2.24) is 9.97 Å². The minimum atomic E-state index is -0.538. The van der Waals surface area contributed by atoms with Crippen LogP contribution < -0.4 is 10.2 Å². The molecule has 3 rings (SSSR count). The van der Waals surface area contributed by atoms with Crippen LogP contribution in [0.3, 0.4) is 0 Å². The number of rotatable bonds is 4. The third-order valence-corrected chi connectivity index (χ3v) is 4.63. The molecule has 25 heavy (non-hydrogen) atoms.